The van der Waals surface area contributed by atoms with E-state index in [1.807, 2.05) is 18.2 Å². The summed E-state index contributed by atoms with van der Waals surface area (Å²) in [6.45, 7) is 3.23. The van der Waals surface area contributed by atoms with Gasteiger partial charge in [0, 0.05) is 12.5 Å². The third kappa shape index (κ3) is 3.43. The molecular formula is C22H25ClF2N2O2. The van der Waals surface area contributed by atoms with E-state index in [0.717, 1.165) is 43.1 Å². The molecule has 2 aromatic carbocycles. The molecular weight excluding hydrogens is 398 g/mol. The van der Waals surface area contributed by atoms with Crippen molar-refractivity contribution in [2.24, 2.45) is 0 Å². The number of carbonyl (C=O) groups is 1. The Morgan fingerprint density at radius 1 is 1.17 bits per heavy atom. The first-order valence-electron chi connectivity index (χ1n) is 9.58. The van der Waals surface area contributed by atoms with Gasteiger partial charge in [0.25, 0.3) is 5.91 Å². The molecule has 2 aromatic rings. The molecule has 0 aromatic heterocycles. The Hall–Kier alpha value is -2.02. The number of aryl methyl sites for hydroxylation is 1. The quantitative estimate of drug-likeness (QED) is 0.790. The van der Waals surface area contributed by atoms with E-state index in [0.29, 0.717) is 0 Å². The van der Waals surface area contributed by atoms with Gasteiger partial charge in [0.1, 0.15) is 17.2 Å². The maximum atomic E-state index is 14.5. The first-order valence-corrected chi connectivity index (χ1v) is 9.58. The van der Waals surface area contributed by atoms with Gasteiger partial charge in [-0.3, -0.25) is 4.79 Å². The SMILES string of the molecule is CO[C@H]1[C@H](NC(=O)c2c(F)ccc(C)c2F)c2ccccc2C12CCNCC2.Cl. The number of carbonyl (C=O) groups excluding carboxylic acids is 1. The summed E-state index contributed by atoms with van der Waals surface area (Å²) in [5.41, 5.74) is 1.57. The van der Waals surface area contributed by atoms with Crippen molar-refractivity contribution in [3.63, 3.8) is 0 Å². The molecule has 0 saturated carbocycles. The fourth-order valence-corrected chi connectivity index (χ4v) is 4.88. The topological polar surface area (TPSA) is 50.4 Å². The molecule has 156 valence electrons. The predicted octanol–water partition coefficient (Wildman–Crippen LogP) is 3.82. The van der Waals surface area contributed by atoms with Crippen molar-refractivity contribution < 1.29 is 18.3 Å². The van der Waals surface area contributed by atoms with E-state index in [1.54, 1.807) is 7.11 Å². The average Bonchev–Trinajstić information content (AvgIpc) is 2.94. The molecule has 2 N–H and O–H groups in total. The number of amides is 1. The molecule has 1 aliphatic heterocycles. The maximum Gasteiger partial charge on any atom is 0.257 e. The van der Waals surface area contributed by atoms with Crippen molar-refractivity contribution in [3.8, 4) is 0 Å². The summed E-state index contributed by atoms with van der Waals surface area (Å²) >= 11 is 0. The summed E-state index contributed by atoms with van der Waals surface area (Å²) in [4.78, 5) is 12.9. The van der Waals surface area contributed by atoms with Crippen LogP contribution in [0.5, 0.6) is 0 Å². The van der Waals surface area contributed by atoms with Crippen LogP contribution in [-0.4, -0.2) is 32.2 Å². The number of hydrogen-bond donors (Lipinski definition) is 2. The zero-order valence-electron chi connectivity index (χ0n) is 16.4. The van der Waals surface area contributed by atoms with Gasteiger partial charge in [-0.05, 0) is 55.6 Å². The number of hydrogen-bond acceptors (Lipinski definition) is 3. The highest BCUT2D eigenvalue weighted by atomic mass is 35.5. The minimum Gasteiger partial charge on any atom is -0.378 e. The molecule has 1 heterocycles. The Balaban J connectivity index is 0.00000240. The normalized spacial score (nSPS) is 22.1. The lowest BCUT2D eigenvalue weighted by Crippen LogP contribution is -2.49. The minimum atomic E-state index is -0.863. The molecule has 4 nitrogen and oxygen atoms in total. The summed E-state index contributed by atoms with van der Waals surface area (Å²) in [5.74, 6) is -2.45. The summed E-state index contributed by atoms with van der Waals surface area (Å²) in [6, 6.07) is 9.93. The predicted molar refractivity (Wildman–Crippen MR) is 110 cm³/mol. The Kier molecular flexibility index (Phi) is 6.27. The van der Waals surface area contributed by atoms with Gasteiger partial charge in [-0.15, -0.1) is 12.4 Å². The van der Waals surface area contributed by atoms with E-state index in [2.05, 4.69) is 16.7 Å². The highest BCUT2D eigenvalue weighted by Gasteiger charge is 2.53. The third-order valence-corrected chi connectivity index (χ3v) is 6.23. The molecule has 2 aliphatic rings. The monoisotopic (exact) mass is 422 g/mol. The molecule has 0 radical (unpaired) electrons. The second-order valence-corrected chi connectivity index (χ2v) is 7.65. The number of halogens is 3. The molecule has 1 spiro atoms. The van der Waals surface area contributed by atoms with Crippen LogP contribution in [0, 0.1) is 18.6 Å². The van der Waals surface area contributed by atoms with E-state index in [-0.39, 0.29) is 29.5 Å². The molecule has 0 bridgehead atoms. The molecule has 1 saturated heterocycles. The number of benzene rings is 2. The van der Waals surface area contributed by atoms with Crippen LogP contribution in [0.4, 0.5) is 8.78 Å². The highest BCUT2D eigenvalue weighted by Crippen LogP contribution is 2.51. The third-order valence-electron chi connectivity index (χ3n) is 6.23. The van der Waals surface area contributed by atoms with Crippen molar-refractivity contribution in [2.45, 2.75) is 37.3 Å². The van der Waals surface area contributed by atoms with Crippen LogP contribution in [0.25, 0.3) is 0 Å². The fraction of sp³-hybridized carbons (Fsp3) is 0.409. The second kappa shape index (κ2) is 8.38. The first kappa shape index (κ1) is 21.7. The van der Waals surface area contributed by atoms with Crippen LogP contribution < -0.4 is 10.6 Å². The lowest BCUT2D eigenvalue weighted by molar-refractivity contribution is 0.00389. The van der Waals surface area contributed by atoms with Gasteiger partial charge in [-0.25, -0.2) is 8.78 Å². The smallest absolute Gasteiger partial charge is 0.257 e. The van der Waals surface area contributed by atoms with E-state index >= 15 is 0 Å². The standard InChI is InChI=1S/C22H24F2N2O2.ClH/c1-13-7-8-16(23)17(18(13)24)21(27)26-19-14-5-3-4-6-15(14)22(20(19)28-2)9-11-25-12-10-22;/h3-8,19-20,25H,9-12H2,1-2H3,(H,26,27);1H/t19-,20+;/m1./s1. The number of ether oxygens (including phenoxy) is 1. The lowest BCUT2D eigenvalue weighted by Gasteiger charge is -2.40. The molecule has 1 amide bonds. The van der Waals surface area contributed by atoms with Gasteiger partial charge in [0.2, 0.25) is 0 Å². The van der Waals surface area contributed by atoms with Crippen molar-refractivity contribution in [3.05, 3.63) is 70.3 Å². The molecule has 7 heteroatoms. The molecule has 29 heavy (non-hydrogen) atoms. The van der Waals surface area contributed by atoms with E-state index in [4.69, 9.17) is 4.74 Å². The number of rotatable bonds is 3. The van der Waals surface area contributed by atoms with E-state index in [1.165, 1.54) is 13.0 Å². The first-order chi connectivity index (χ1) is 13.5. The Bertz CT molecular complexity index is 916. The molecule has 2 atom stereocenters. The minimum absolute atomic E-state index is 0. The largest absolute Gasteiger partial charge is 0.378 e. The number of nitrogens with one attached hydrogen (secondary N) is 2. The van der Waals surface area contributed by atoms with Gasteiger partial charge >= 0.3 is 0 Å². The fourth-order valence-electron chi connectivity index (χ4n) is 4.88. The van der Waals surface area contributed by atoms with E-state index in [9.17, 15) is 13.6 Å². The van der Waals surface area contributed by atoms with Crippen LogP contribution in [0.3, 0.4) is 0 Å². The maximum absolute atomic E-state index is 14.5. The van der Waals surface area contributed by atoms with Crippen molar-refractivity contribution in [1.82, 2.24) is 10.6 Å². The summed E-state index contributed by atoms with van der Waals surface area (Å²) < 4.78 is 34.6. The van der Waals surface area contributed by atoms with Gasteiger partial charge in [0.15, 0.2) is 0 Å². The molecule has 0 unspecified atom stereocenters. The van der Waals surface area contributed by atoms with Crippen molar-refractivity contribution >= 4 is 18.3 Å². The number of piperidine rings is 1. The molecule has 1 fully saturated rings. The van der Waals surface area contributed by atoms with Gasteiger partial charge in [0.05, 0.1) is 12.1 Å². The van der Waals surface area contributed by atoms with Crippen LogP contribution in [0.2, 0.25) is 0 Å². The van der Waals surface area contributed by atoms with E-state index < -0.39 is 29.1 Å². The van der Waals surface area contributed by atoms with Crippen molar-refractivity contribution in [2.75, 3.05) is 20.2 Å². The van der Waals surface area contributed by atoms with Gasteiger partial charge in [-0.2, -0.15) is 0 Å². The highest BCUT2D eigenvalue weighted by molar-refractivity contribution is 5.95. The Morgan fingerprint density at radius 3 is 2.55 bits per heavy atom. The molecule has 1 aliphatic carbocycles. The zero-order chi connectivity index (χ0) is 19.9. The van der Waals surface area contributed by atoms with Gasteiger partial charge in [-0.1, -0.05) is 30.3 Å². The Morgan fingerprint density at radius 2 is 1.86 bits per heavy atom. The summed E-state index contributed by atoms with van der Waals surface area (Å²) in [6.07, 6.45) is 1.45. The summed E-state index contributed by atoms with van der Waals surface area (Å²) in [7, 11) is 1.63. The Labute approximate surface area is 175 Å². The van der Waals surface area contributed by atoms with Crippen LogP contribution in [0.15, 0.2) is 36.4 Å². The summed E-state index contributed by atoms with van der Waals surface area (Å²) in [5, 5.41) is 6.24. The average molecular weight is 423 g/mol. The van der Waals surface area contributed by atoms with Crippen LogP contribution >= 0.6 is 12.4 Å². The lowest BCUT2D eigenvalue weighted by atomic mass is 9.72. The van der Waals surface area contributed by atoms with Crippen molar-refractivity contribution in [1.29, 1.82) is 0 Å². The number of methoxy groups -OCH3 is 1. The number of fused-ring (bicyclic) bond motifs is 2. The van der Waals surface area contributed by atoms with Crippen LogP contribution in [0.1, 0.15) is 45.9 Å². The van der Waals surface area contributed by atoms with Gasteiger partial charge < -0.3 is 15.4 Å². The second-order valence-electron chi connectivity index (χ2n) is 7.65. The zero-order valence-corrected chi connectivity index (χ0v) is 17.2. The van der Waals surface area contributed by atoms with Crippen LogP contribution in [-0.2, 0) is 10.2 Å². The molecule has 4 rings (SSSR count).